The highest BCUT2D eigenvalue weighted by atomic mass is 32.2. The highest BCUT2D eigenvalue weighted by molar-refractivity contribution is 7.94. The number of carbonyl (C=O) groups is 6. The Kier molecular flexibility index (Phi) is 17.9. The largest absolute Gasteiger partial charge is 0.481 e. The number of amides is 4. The summed E-state index contributed by atoms with van der Waals surface area (Å²) in [6, 6.07) is 22.2. The lowest BCUT2D eigenvalue weighted by molar-refractivity contribution is -0.140. The number of fused-ring (bicyclic) bond motifs is 1. The van der Waals surface area contributed by atoms with E-state index in [9.17, 15) is 47.4 Å². The normalized spacial score (nSPS) is 13.4. The molecule has 4 aromatic rings. The molecule has 0 saturated heterocycles. The summed E-state index contributed by atoms with van der Waals surface area (Å²) in [6.07, 6.45) is 0.838. The number of rotatable bonds is 23. The standard InChI is InChI=1S/C44H51N5O11S/c1-29(2)40(43(56)46-33(26-38(50)51)24-25-61(58,59)34-18-9-5-10-19-34)49-41(54)36(21-11-4-8-17-32-23-22-31-16-12-13-20-35(31)45-32)47-42(55)37(27-39(52)53)48-44(57)60-28-30-14-6-3-7-15-30/h3,5-7,9-10,12-16,18-20,22-25,29,33,36-37,40H,4,8,11,17,21,26-28H2,1-2H3,(H,46,56)(H,47,55)(H,48,57)(H,49,54)(H,50,51)(H,52,53)/b25-24+/t33-,36?,37+,40+/m1/s1. The van der Waals surface area contributed by atoms with Gasteiger partial charge in [0.25, 0.3) is 0 Å². The average Bonchev–Trinajstić information content (AvgIpc) is 3.23. The minimum absolute atomic E-state index is 0.0396. The number of hydrogen-bond donors (Lipinski definition) is 6. The fourth-order valence-corrected chi connectivity index (χ4v) is 7.30. The number of ether oxygens (including phenoxy) is 1. The van der Waals surface area contributed by atoms with E-state index in [0.717, 1.165) is 28.1 Å². The van der Waals surface area contributed by atoms with Crippen molar-refractivity contribution >= 4 is 56.5 Å². The van der Waals surface area contributed by atoms with Gasteiger partial charge in [-0.15, -0.1) is 0 Å². The molecule has 6 N–H and O–H groups in total. The number of carboxylic acid groups (broad SMARTS) is 2. The maximum atomic E-state index is 14.0. The first kappa shape index (κ1) is 47.1. The number of unbranched alkanes of at least 4 members (excludes halogenated alkanes) is 2. The monoisotopic (exact) mass is 857 g/mol. The minimum atomic E-state index is -3.99. The molecule has 61 heavy (non-hydrogen) atoms. The van der Waals surface area contributed by atoms with Crippen LogP contribution < -0.4 is 21.3 Å². The van der Waals surface area contributed by atoms with Crippen LogP contribution in [0.3, 0.4) is 0 Å². The lowest BCUT2D eigenvalue weighted by Crippen LogP contribution is -2.58. The van der Waals surface area contributed by atoms with E-state index in [4.69, 9.17) is 9.72 Å². The van der Waals surface area contributed by atoms with E-state index in [1.165, 1.54) is 24.3 Å². The quantitative estimate of drug-likeness (QED) is 0.0557. The topological polar surface area (TPSA) is 247 Å². The zero-order valence-corrected chi connectivity index (χ0v) is 34.7. The maximum Gasteiger partial charge on any atom is 0.408 e. The molecule has 0 aliphatic rings. The van der Waals surface area contributed by atoms with Gasteiger partial charge in [0.2, 0.25) is 17.7 Å². The Bertz CT molecular complexity index is 2270. The fraction of sp³-hybridized carbons (Fsp3) is 0.341. The van der Waals surface area contributed by atoms with Gasteiger partial charge in [-0.05, 0) is 61.1 Å². The fourth-order valence-electron chi connectivity index (χ4n) is 6.21. The molecule has 1 unspecified atom stereocenters. The zero-order chi connectivity index (χ0) is 44.4. The summed E-state index contributed by atoms with van der Waals surface area (Å²) in [5.74, 6) is -5.95. The van der Waals surface area contributed by atoms with Crippen molar-refractivity contribution in [3.8, 4) is 0 Å². The number of sulfone groups is 1. The van der Waals surface area contributed by atoms with Crippen LogP contribution in [0.25, 0.3) is 10.9 Å². The maximum absolute atomic E-state index is 14.0. The Balaban J connectivity index is 1.48. The van der Waals surface area contributed by atoms with Gasteiger partial charge in [-0.3, -0.25) is 29.0 Å². The van der Waals surface area contributed by atoms with Crippen LogP contribution in [-0.4, -0.2) is 83.5 Å². The van der Waals surface area contributed by atoms with Crippen molar-refractivity contribution in [1.29, 1.82) is 0 Å². The van der Waals surface area contributed by atoms with Gasteiger partial charge in [0.15, 0.2) is 9.84 Å². The van der Waals surface area contributed by atoms with Crippen LogP contribution >= 0.6 is 0 Å². The molecule has 3 aromatic carbocycles. The summed E-state index contributed by atoms with van der Waals surface area (Å²) in [4.78, 5) is 82.1. The molecular weight excluding hydrogens is 807 g/mol. The van der Waals surface area contributed by atoms with E-state index in [1.54, 1.807) is 50.2 Å². The Hall–Kier alpha value is -6.62. The van der Waals surface area contributed by atoms with Crippen LogP contribution in [0.5, 0.6) is 0 Å². The first-order chi connectivity index (χ1) is 29.1. The van der Waals surface area contributed by atoms with Crippen molar-refractivity contribution in [3.05, 3.63) is 120 Å². The third-order valence-corrected chi connectivity index (χ3v) is 10.9. The molecule has 16 nitrogen and oxygen atoms in total. The second-order valence-corrected chi connectivity index (χ2v) is 16.5. The molecule has 4 atom stereocenters. The Morgan fingerprint density at radius 3 is 2.00 bits per heavy atom. The first-order valence-electron chi connectivity index (χ1n) is 19.8. The average molecular weight is 858 g/mol. The first-order valence-corrected chi connectivity index (χ1v) is 21.3. The molecule has 324 valence electrons. The number of nitrogens with zero attached hydrogens (tertiary/aromatic N) is 1. The second kappa shape index (κ2) is 23.2. The predicted octanol–water partition coefficient (Wildman–Crippen LogP) is 4.68. The number of hydrogen-bond acceptors (Lipinski definition) is 10. The third kappa shape index (κ3) is 15.8. The third-order valence-electron chi connectivity index (χ3n) is 9.45. The van der Waals surface area contributed by atoms with E-state index in [2.05, 4.69) is 21.3 Å². The van der Waals surface area contributed by atoms with E-state index in [0.29, 0.717) is 31.2 Å². The molecular formula is C44H51N5O11S. The zero-order valence-electron chi connectivity index (χ0n) is 33.9. The predicted molar refractivity (Wildman–Crippen MR) is 225 cm³/mol. The van der Waals surface area contributed by atoms with Crippen molar-refractivity contribution < 1.29 is 52.1 Å². The number of aliphatic carboxylic acids is 2. The van der Waals surface area contributed by atoms with Crippen LogP contribution in [-0.2, 0) is 51.6 Å². The van der Waals surface area contributed by atoms with Crippen LogP contribution in [0.2, 0.25) is 0 Å². The molecule has 0 fully saturated rings. The van der Waals surface area contributed by atoms with Gasteiger partial charge >= 0.3 is 18.0 Å². The van der Waals surface area contributed by atoms with Crippen molar-refractivity contribution in [3.63, 3.8) is 0 Å². The van der Waals surface area contributed by atoms with Gasteiger partial charge < -0.3 is 36.2 Å². The molecule has 4 amide bonds. The van der Waals surface area contributed by atoms with E-state index in [1.807, 2.05) is 36.4 Å². The number of alkyl carbamates (subject to hydrolysis) is 1. The van der Waals surface area contributed by atoms with Gasteiger partial charge in [0.1, 0.15) is 24.7 Å². The second-order valence-electron chi connectivity index (χ2n) is 14.6. The van der Waals surface area contributed by atoms with E-state index in [-0.39, 0.29) is 17.9 Å². The molecule has 0 aliphatic heterocycles. The number of para-hydroxylation sites is 1. The molecule has 4 rings (SSSR count). The molecule has 1 aromatic heterocycles. The summed E-state index contributed by atoms with van der Waals surface area (Å²) in [5, 5.41) is 30.9. The van der Waals surface area contributed by atoms with Crippen molar-refractivity contribution in [2.45, 2.75) is 94.5 Å². The van der Waals surface area contributed by atoms with Crippen molar-refractivity contribution in [1.82, 2.24) is 26.3 Å². The summed E-state index contributed by atoms with van der Waals surface area (Å²) in [5.41, 5.74) is 2.39. The number of benzene rings is 3. The van der Waals surface area contributed by atoms with Crippen LogP contribution in [0.4, 0.5) is 4.79 Å². The lowest BCUT2D eigenvalue weighted by Gasteiger charge is -2.27. The van der Waals surface area contributed by atoms with Crippen LogP contribution in [0.15, 0.2) is 113 Å². The smallest absolute Gasteiger partial charge is 0.408 e. The molecule has 17 heteroatoms. The highest BCUT2D eigenvalue weighted by Gasteiger charge is 2.32. The van der Waals surface area contributed by atoms with Gasteiger partial charge in [0.05, 0.1) is 29.3 Å². The molecule has 0 radical (unpaired) electrons. The number of aryl methyl sites for hydroxylation is 1. The number of nitrogens with one attached hydrogen (secondary N) is 4. The lowest BCUT2D eigenvalue weighted by atomic mass is 10.00. The van der Waals surface area contributed by atoms with Crippen LogP contribution in [0.1, 0.15) is 63.6 Å². The summed E-state index contributed by atoms with van der Waals surface area (Å²) < 4.78 is 30.9. The minimum Gasteiger partial charge on any atom is -0.481 e. The van der Waals surface area contributed by atoms with Crippen molar-refractivity contribution in [2.24, 2.45) is 5.92 Å². The SMILES string of the molecule is CC(C)[C@H](NC(=O)C(CCCCCc1ccc2ccccc2n1)NC(=O)[C@H](CC(=O)O)NC(=O)OCc1ccccc1)C(=O)N[C@H](/C=C/S(=O)(=O)c1ccccc1)CC(=O)O. The number of pyridine rings is 1. The summed E-state index contributed by atoms with van der Waals surface area (Å²) >= 11 is 0. The summed E-state index contributed by atoms with van der Waals surface area (Å²) in [7, 11) is -3.99. The van der Waals surface area contributed by atoms with E-state index >= 15 is 0 Å². The molecule has 0 bridgehead atoms. The van der Waals surface area contributed by atoms with Gasteiger partial charge in [0, 0.05) is 16.5 Å². The molecule has 1 heterocycles. The van der Waals surface area contributed by atoms with Crippen molar-refractivity contribution in [2.75, 3.05) is 0 Å². The van der Waals surface area contributed by atoms with Crippen LogP contribution in [0, 0.1) is 5.92 Å². The Labute approximate surface area is 354 Å². The summed E-state index contributed by atoms with van der Waals surface area (Å²) in [6.45, 7) is 3.09. The van der Waals surface area contributed by atoms with E-state index < -0.39 is 88.5 Å². The number of carbonyl (C=O) groups excluding carboxylic acids is 4. The van der Waals surface area contributed by atoms with Gasteiger partial charge in [-0.1, -0.05) is 99.5 Å². The van der Waals surface area contributed by atoms with Gasteiger partial charge in [-0.25, -0.2) is 13.2 Å². The molecule has 0 aliphatic carbocycles. The number of carboxylic acids is 2. The Morgan fingerprint density at radius 2 is 1.33 bits per heavy atom. The molecule has 0 spiro atoms. The Morgan fingerprint density at radius 1 is 0.689 bits per heavy atom. The number of aromatic nitrogens is 1. The van der Waals surface area contributed by atoms with Gasteiger partial charge in [-0.2, -0.15) is 0 Å². The highest BCUT2D eigenvalue weighted by Crippen LogP contribution is 2.16. The molecule has 0 saturated carbocycles.